The molecule has 1 aromatic carbocycles. The molecule has 0 heterocycles. The summed E-state index contributed by atoms with van der Waals surface area (Å²) in [7, 11) is -1.96. The van der Waals surface area contributed by atoms with Gasteiger partial charge in [-0.1, -0.05) is 19.9 Å². The summed E-state index contributed by atoms with van der Waals surface area (Å²) in [6.45, 7) is 6.39. The minimum atomic E-state index is -3.40. The van der Waals surface area contributed by atoms with Gasteiger partial charge in [-0.15, -0.1) is 0 Å². The van der Waals surface area contributed by atoms with Crippen molar-refractivity contribution in [3.8, 4) is 0 Å². The third kappa shape index (κ3) is 3.98. The van der Waals surface area contributed by atoms with Crippen molar-refractivity contribution in [3.63, 3.8) is 0 Å². The van der Waals surface area contributed by atoms with E-state index in [1.165, 1.54) is 13.5 Å². The molecule has 0 radical (unpaired) electrons. The highest BCUT2D eigenvalue weighted by Gasteiger charge is 2.24. The fourth-order valence-electron chi connectivity index (χ4n) is 3.39. The highest BCUT2D eigenvalue weighted by Crippen LogP contribution is 2.31. The van der Waals surface area contributed by atoms with E-state index < -0.39 is 10.0 Å². The average molecular weight is 310 g/mol. The van der Waals surface area contributed by atoms with Crippen molar-refractivity contribution in [1.82, 2.24) is 4.72 Å². The third-order valence-electron chi connectivity index (χ3n) is 4.30. The standard InChI is InChI=1S/C16H26N2O2S/c1-11-7-12(2)9-15(8-11)18-14-6-5-13(3)16(10-14)21(19,20)17-4/h5-6,10-12,15,17-18H,7-9H2,1-4H3. The molecule has 5 heteroatoms. The Balaban J connectivity index is 2.20. The van der Waals surface area contributed by atoms with Gasteiger partial charge in [0, 0.05) is 11.7 Å². The molecule has 1 aliphatic rings. The van der Waals surface area contributed by atoms with Crippen LogP contribution in [0.1, 0.15) is 38.7 Å². The molecule has 0 bridgehead atoms. The van der Waals surface area contributed by atoms with Crippen molar-refractivity contribution < 1.29 is 8.42 Å². The number of rotatable bonds is 4. The van der Waals surface area contributed by atoms with E-state index in [9.17, 15) is 8.42 Å². The number of hydrogen-bond donors (Lipinski definition) is 2. The zero-order valence-electron chi connectivity index (χ0n) is 13.3. The number of nitrogens with one attached hydrogen (secondary N) is 2. The van der Waals surface area contributed by atoms with Crippen LogP contribution in [0.2, 0.25) is 0 Å². The first-order valence-electron chi connectivity index (χ1n) is 7.62. The highest BCUT2D eigenvalue weighted by atomic mass is 32.2. The molecule has 118 valence electrons. The molecule has 4 nitrogen and oxygen atoms in total. The van der Waals surface area contributed by atoms with Crippen molar-refractivity contribution in [3.05, 3.63) is 23.8 Å². The highest BCUT2D eigenvalue weighted by molar-refractivity contribution is 7.89. The topological polar surface area (TPSA) is 58.2 Å². The number of anilines is 1. The second kappa shape index (κ2) is 6.36. The van der Waals surface area contributed by atoms with Crippen LogP contribution in [0.5, 0.6) is 0 Å². The maximum absolute atomic E-state index is 12.0. The number of benzene rings is 1. The molecule has 21 heavy (non-hydrogen) atoms. The first-order chi connectivity index (χ1) is 9.81. The van der Waals surface area contributed by atoms with E-state index in [0.29, 0.717) is 10.9 Å². The monoisotopic (exact) mass is 310 g/mol. The number of hydrogen-bond acceptors (Lipinski definition) is 3. The van der Waals surface area contributed by atoms with E-state index in [1.54, 1.807) is 6.07 Å². The summed E-state index contributed by atoms with van der Waals surface area (Å²) in [6, 6.07) is 6.00. The zero-order valence-corrected chi connectivity index (χ0v) is 14.1. The number of aryl methyl sites for hydroxylation is 1. The van der Waals surface area contributed by atoms with Crippen molar-refractivity contribution >= 4 is 15.7 Å². The quantitative estimate of drug-likeness (QED) is 0.898. The lowest BCUT2D eigenvalue weighted by Crippen LogP contribution is -2.30. The van der Waals surface area contributed by atoms with Crippen molar-refractivity contribution in [2.75, 3.05) is 12.4 Å². The molecule has 0 aromatic heterocycles. The fourth-order valence-corrected chi connectivity index (χ4v) is 4.38. The molecule has 1 fully saturated rings. The zero-order chi connectivity index (χ0) is 15.6. The van der Waals surface area contributed by atoms with Crippen molar-refractivity contribution in [2.24, 2.45) is 11.8 Å². The van der Waals surface area contributed by atoms with E-state index >= 15 is 0 Å². The second-order valence-corrected chi connectivity index (χ2v) is 8.30. The largest absolute Gasteiger partial charge is 0.382 e. The van der Waals surface area contributed by atoms with Crippen LogP contribution in [-0.4, -0.2) is 21.5 Å². The molecule has 0 spiro atoms. The summed E-state index contributed by atoms with van der Waals surface area (Å²) in [4.78, 5) is 0.354. The molecule has 0 aliphatic heterocycles. The molecular formula is C16H26N2O2S. The Hall–Kier alpha value is -1.07. The number of sulfonamides is 1. The average Bonchev–Trinajstić information content (AvgIpc) is 2.39. The van der Waals surface area contributed by atoms with E-state index in [0.717, 1.165) is 35.9 Å². The molecule has 2 N–H and O–H groups in total. The van der Waals surface area contributed by atoms with Crippen LogP contribution in [-0.2, 0) is 10.0 Å². The van der Waals surface area contributed by atoms with Gasteiger partial charge in [-0.25, -0.2) is 13.1 Å². The first-order valence-corrected chi connectivity index (χ1v) is 9.11. The molecule has 1 aliphatic carbocycles. The van der Waals surface area contributed by atoms with E-state index in [1.807, 2.05) is 19.1 Å². The van der Waals surface area contributed by atoms with Gasteiger partial charge in [0.25, 0.3) is 0 Å². The van der Waals surface area contributed by atoms with Crippen LogP contribution in [0, 0.1) is 18.8 Å². The second-order valence-electron chi connectivity index (χ2n) is 6.45. The molecular weight excluding hydrogens is 284 g/mol. The van der Waals surface area contributed by atoms with Crippen LogP contribution in [0.25, 0.3) is 0 Å². The van der Waals surface area contributed by atoms with Crippen LogP contribution in [0.15, 0.2) is 23.1 Å². The Morgan fingerprint density at radius 2 is 1.71 bits per heavy atom. The Morgan fingerprint density at radius 1 is 1.10 bits per heavy atom. The Bertz CT molecular complexity index is 588. The van der Waals surface area contributed by atoms with Gasteiger partial charge >= 0.3 is 0 Å². The van der Waals surface area contributed by atoms with Crippen LogP contribution in [0.4, 0.5) is 5.69 Å². The SMILES string of the molecule is CNS(=O)(=O)c1cc(NC2CC(C)CC(C)C2)ccc1C. The summed E-state index contributed by atoms with van der Waals surface area (Å²) in [5, 5.41) is 3.51. The molecule has 2 unspecified atom stereocenters. The lowest BCUT2D eigenvalue weighted by Gasteiger charge is -2.32. The third-order valence-corrected chi connectivity index (χ3v) is 5.85. The van der Waals surface area contributed by atoms with E-state index in [-0.39, 0.29) is 0 Å². The summed E-state index contributed by atoms with van der Waals surface area (Å²) in [6.07, 6.45) is 3.57. The minimum Gasteiger partial charge on any atom is -0.382 e. The summed E-state index contributed by atoms with van der Waals surface area (Å²) >= 11 is 0. The van der Waals surface area contributed by atoms with Crippen molar-refractivity contribution in [1.29, 1.82) is 0 Å². The van der Waals surface area contributed by atoms with Gasteiger partial charge < -0.3 is 5.32 Å². The summed E-state index contributed by atoms with van der Waals surface area (Å²) < 4.78 is 26.5. The van der Waals surface area contributed by atoms with Crippen LogP contribution >= 0.6 is 0 Å². The smallest absolute Gasteiger partial charge is 0.240 e. The lowest BCUT2D eigenvalue weighted by molar-refractivity contribution is 0.281. The summed E-state index contributed by atoms with van der Waals surface area (Å²) in [5.74, 6) is 1.44. The minimum absolute atomic E-state index is 0.354. The van der Waals surface area contributed by atoms with Gasteiger partial charge in [0.05, 0.1) is 4.90 Å². The van der Waals surface area contributed by atoms with Gasteiger partial charge in [0.2, 0.25) is 10.0 Å². The first kappa shape index (κ1) is 16.3. The predicted molar refractivity (Wildman–Crippen MR) is 87.0 cm³/mol. The van der Waals surface area contributed by atoms with E-state index in [2.05, 4.69) is 23.9 Å². The fraction of sp³-hybridized carbons (Fsp3) is 0.625. The van der Waals surface area contributed by atoms with Gasteiger partial charge in [0.1, 0.15) is 0 Å². The van der Waals surface area contributed by atoms with Crippen LogP contribution in [0.3, 0.4) is 0 Å². The molecule has 1 aromatic rings. The van der Waals surface area contributed by atoms with Gasteiger partial charge in [-0.2, -0.15) is 0 Å². The Labute approximate surface area is 128 Å². The molecule has 0 saturated heterocycles. The maximum atomic E-state index is 12.0. The van der Waals surface area contributed by atoms with Crippen LogP contribution < -0.4 is 10.0 Å². The maximum Gasteiger partial charge on any atom is 0.240 e. The van der Waals surface area contributed by atoms with Crippen molar-refractivity contribution in [2.45, 2.75) is 51.0 Å². The molecule has 1 saturated carbocycles. The summed E-state index contributed by atoms with van der Waals surface area (Å²) in [5.41, 5.74) is 1.65. The van der Waals surface area contributed by atoms with Gasteiger partial charge in [-0.05, 0) is 62.8 Å². The Morgan fingerprint density at radius 3 is 2.29 bits per heavy atom. The molecule has 2 rings (SSSR count). The van der Waals surface area contributed by atoms with Gasteiger partial charge in [0.15, 0.2) is 0 Å². The molecule has 0 amide bonds. The molecule has 2 atom stereocenters. The Kier molecular flexibility index (Phi) is 4.94. The van der Waals surface area contributed by atoms with Gasteiger partial charge in [-0.3, -0.25) is 0 Å². The lowest BCUT2D eigenvalue weighted by atomic mass is 9.80. The van der Waals surface area contributed by atoms with E-state index in [4.69, 9.17) is 0 Å². The predicted octanol–water partition coefficient (Wildman–Crippen LogP) is 3.14. The normalized spacial score (nSPS) is 26.6.